The van der Waals surface area contributed by atoms with Crippen molar-refractivity contribution in [3.8, 4) is 5.75 Å². The Kier molecular flexibility index (Phi) is 5.02. The number of hydrogen-bond acceptors (Lipinski definition) is 2. The summed E-state index contributed by atoms with van der Waals surface area (Å²) in [4.78, 5) is 0. The van der Waals surface area contributed by atoms with Gasteiger partial charge >= 0.3 is 0 Å². The fourth-order valence-corrected chi connectivity index (χ4v) is 2.57. The number of aliphatic hydroxyl groups is 1. The normalized spacial score (nSPS) is 12.2. The second-order valence-electron chi connectivity index (χ2n) is 4.34. The van der Waals surface area contributed by atoms with Crippen molar-refractivity contribution in [1.29, 1.82) is 0 Å². The van der Waals surface area contributed by atoms with Crippen LogP contribution in [-0.4, -0.2) is 12.2 Å². The van der Waals surface area contributed by atoms with Crippen LogP contribution in [0.15, 0.2) is 40.9 Å². The molecule has 0 aromatic heterocycles. The lowest BCUT2D eigenvalue weighted by atomic mass is 10.0. The lowest BCUT2D eigenvalue weighted by molar-refractivity contribution is 0.173. The summed E-state index contributed by atoms with van der Waals surface area (Å²) in [6.07, 6.45) is -0.573. The topological polar surface area (TPSA) is 29.5 Å². The first-order chi connectivity index (χ1) is 9.51. The van der Waals surface area contributed by atoms with Gasteiger partial charge in [-0.3, -0.25) is 0 Å². The second kappa shape index (κ2) is 6.57. The molecule has 0 saturated carbocycles. The lowest BCUT2D eigenvalue weighted by Crippen LogP contribution is -2.05. The Morgan fingerprint density at radius 3 is 2.75 bits per heavy atom. The second-order valence-corrected chi connectivity index (χ2v) is 5.63. The predicted molar refractivity (Wildman–Crippen MR) is 80.8 cm³/mol. The van der Waals surface area contributed by atoms with Gasteiger partial charge in [0.25, 0.3) is 0 Å². The minimum absolute atomic E-state index is 0.259. The van der Waals surface area contributed by atoms with E-state index in [2.05, 4.69) is 15.9 Å². The monoisotopic (exact) mass is 358 g/mol. The van der Waals surface area contributed by atoms with E-state index in [1.165, 1.54) is 19.2 Å². The highest BCUT2D eigenvalue weighted by molar-refractivity contribution is 9.10. The molecule has 1 unspecified atom stereocenters. The first-order valence-electron chi connectivity index (χ1n) is 5.96. The first kappa shape index (κ1) is 15.3. The van der Waals surface area contributed by atoms with Crippen LogP contribution in [0.2, 0.25) is 5.02 Å². The molecule has 0 amide bonds. The molecule has 0 radical (unpaired) electrons. The maximum atomic E-state index is 13.3. The largest absolute Gasteiger partial charge is 0.496 e. The molecule has 2 aromatic rings. The van der Waals surface area contributed by atoms with Crippen molar-refractivity contribution in [3.05, 3.63) is 62.8 Å². The van der Waals surface area contributed by atoms with Crippen LogP contribution in [-0.2, 0) is 6.42 Å². The van der Waals surface area contributed by atoms with Crippen molar-refractivity contribution in [2.24, 2.45) is 0 Å². The summed E-state index contributed by atoms with van der Waals surface area (Å²) >= 11 is 9.29. The van der Waals surface area contributed by atoms with Crippen molar-refractivity contribution >= 4 is 27.5 Å². The zero-order valence-corrected chi connectivity index (χ0v) is 13.1. The predicted octanol–water partition coefficient (Wildman–Crippen LogP) is 4.53. The van der Waals surface area contributed by atoms with Crippen molar-refractivity contribution in [1.82, 2.24) is 0 Å². The molecular formula is C15H13BrClFO2. The van der Waals surface area contributed by atoms with Gasteiger partial charge in [0, 0.05) is 21.5 Å². The molecule has 0 fully saturated rings. The number of ether oxygens (including phenoxy) is 1. The maximum absolute atomic E-state index is 13.3. The Bertz CT molecular complexity index is 619. The molecule has 2 aromatic carbocycles. The fourth-order valence-electron chi connectivity index (χ4n) is 1.98. The van der Waals surface area contributed by atoms with Crippen molar-refractivity contribution in [2.45, 2.75) is 12.5 Å². The van der Waals surface area contributed by atoms with Crippen molar-refractivity contribution < 1.29 is 14.2 Å². The van der Waals surface area contributed by atoms with Crippen molar-refractivity contribution in [3.63, 3.8) is 0 Å². The first-order valence-corrected chi connectivity index (χ1v) is 7.14. The average molecular weight is 360 g/mol. The number of hydrogen-bond donors (Lipinski definition) is 1. The molecule has 0 spiro atoms. The molecule has 0 aliphatic rings. The van der Waals surface area contributed by atoms with Crippen LogP contribution in [0.3, 0.4) is 0 Å². The molecule has 0 bridgehead atoms. The van der Waals surface area contributed by atoms with E-state index in [1.54, 1.807) is 24.3 Å². The number of halogens is 3. The molecule has 106 valence electrons. The van der Waals surface area contributed by atoms with E-state index >= 15 is 0 Å². The molecule has 20 heavy (non-hydrogen) atoms. The average Bonchev–Trinajstić information content (AvgIpc) is 2.42. The smallest absolute Gasteiger partial charge is 0.124 e. The quantitative estimate of drug-likeness (QED) is 0.869. The minimum atomic E-state index is -0.832. The van der Waals surface area contributed by atoms with Crippen LogP contribution in [0, 0.1) is 5.82 Å². The number of methoxy groups -OCH3 is 1. The molecule has 2 nitrogen and oxygen atoms in total. The van der Waals surface area contributed by atoms with Crippen LogP contribution in [0.5, 0.6) is 5.75 Å². The van der Waals surface area contributed by atoms with Gasteiger partial charge in [-0.05, 0) is 42.0 Å². The summed E-state index contributed by atoms with van der Waals surface area (Å²) < 4.78 is 19.2. The molecule has 5 heteroatoms. The van der Waals surface area contributed by atoms with Gasteiger partial charge < -0.3 is 9.84 Å². The molecule has 1 atom stereocenters. The molecule has 1 N–H and O–H groups in total. The van der Waals surface area contributed by atoms with Crippen LogP contribution in [0.4, 0.5) is 4.39 Å². The highest BCUT2D eigenvalue weighted by Crippen LogP contribution is 2.32. The minimum Gasteiger partial charge on any atom is -0.496 e. The number of benzene rings is 2. The molecule has 0 heterocycles. The van der Waals surface area contributed by atoms with Crippen LogP contribution < -0.4 is 4.74 Å². The highest BCUT2D eigenvalue weighted by atomic mass is 79.9. The van der Waals surface area contributed by atoms with Gasteiger partial charge in [0.2, 0.25) is 0 Å². The number of rotatable bonds is 4. The SMILES string of the molecule is COc1ccc(Cl)cc1C(O)Cc1cc(F)ccc1Br. The third-order valence-corrected chi connectivity index (χ3v) is 3.98. The Morgan fingerprint density at radius 1 is 1.30 bits per heavy atom. The summed E-state index contributed by atoms with van der Waals surface area (Å²) in [5.41, 5.74) is 1.26. The molecule has 0 aliphatic carbocycles. The van der Waals surface area contributed by atoms with Gasteiger partial charge in [-0.2, -0.15) is 0 Å². The van der Waals surface area contributed by atoms with E-state index in [4.69, 9.17) is 16.3 Å². The van der Waals surface area contributed by atoms with Crippen molar-refractivity contribution in [2.75, 3.05) is 7.11 Å². The third kappa shape index (κ3) is 3.51. The van der Waals surface area contributed by atoms with Gasteiger partial charge in [-0.25, -0.2) is 4.39 Å². The number of aliphatic hydroxyl groups excluding tert-OH is 1. The van der Waals surface area contributed by atoms with Gasteiger partial charge in [0.1, 0.15) is 11.6 Å². The summed E-state index contributed by atoms with van der Waals surface area (Å²) in [6, 6.07) is 9.41. The summed E-state index contributed by atoms with van der Waals surface area (Å²) in [5, 5.41) is 10.9. The highest BCUT2D eigenvalue weighted by Gasteiger charge is 2.16. The lowest BCUT2D eigenvalue weighted by Gasteiger charge is -2.16. The zero-order chi connectivity index (χ0) is 14.7. The summed E-state index contributed by atoms with van der Waals surface area (Å²) in [6.45, 7) is 0. The standard InChI is InChI=1S/C15H13BrClFO2/c1-20-15-5-2-10(17)8-12(15)14(19)7-9-6-11(18)3-4-13(9)16/h2-6,8,14,19H,7H2,1H3. The van der Waals surface area contributed by atoms with E-state index in [1.807, 2.05) is 0 Å². The van der Waals surface area contributed by atoms with Crippen LogP contribution >= 0.6 is 27.5 Å². The van der Waals surface area contributed by atoms with Gasteiger partial charge in [0.15, 0.2) is 0 Å². The molecule has 2 rings (SSSR count). The van der Waals surface area contributed by atoms with Gasteiger partial charge in [-0.1, -0.05) is 27.5 Å². The Hall–Kier alpha value is -1.10. The van der Waals surface area contributed by atoms with E-state index in [9.17, 15) is 9.50 Å². The third-order valence-electron chi connectivity index (χ3n) is 2.97. The van der Waals surface area contributed by atoms with Crippen LogP contribution in [0.25, 0.3) is 0 Å². The molecular weight excluding hydrogens is 347 g/mol. The Balaban J connectivity index is 2.30. The van der Waals surface area contributed by atoms with E-state index in [0.29, 0.717) is 21.9 Å². The fraction of sp³-hybridized carbons (Fsp3) is 0.200. The maximum Gasteiger partial charge on any atom is 0.124 e. The van der Waals surface area contributed by atoms with Gasteiger partial charge in [-0.15, -0.1) is 0 Å². The summed E-state index contributed by atoms with van der Waals surface area (Å²) in [7, 11) is 1.53. The van der Waals surface area contributed by atoms with E-state index < -0.39 is 6.10 Å². The zero-order valence-electron chi connectivity index (χ0n) is 10.7. The molecule has 0 aliphatic heterocycles. The van der Waals surface area contributed by atoms with E-state index in [-0.39, 0.29) is 12.2 Å². The van der Waals surface area contributed by atoms with E-state index in [0.717, 1.165) is 4.47 Å². The molecule has 0 saturated heterocycles. The van der Waals surface area contributed by atoms with Gasteiger partial charge in [0.05, 0.1) is 13.2 Å². The Morgan fingerprint density at radius 2 is 2.05 bits per heavy atom. The summed E-state index contributed by atoms with van der Waals surface area (Å²) in [5.74, 6) is 0.211. The Labute approximate surface area is 130 Å². The van der Waals surface area contributed by atoms with Crippen LogP contribution in [0.1, 0.15) is 17.2 Å².